The maximum atomic E-state index is 10.6. The Morgan fingerprint density at radius 3 is 1.44 bits per heavy atom. The van der Waals surface area contributed by atoms with Gasteiger partial charge < -0.3 is 5.11 Å². The van der Waals surface area contributed by atoms with Crippen LogP contribution in [-0.2, 0) is 4.79 Å². The Kier molecular flexibility index (Phi) is 4.76. The van der Waals surface area contributed by atoms with E-state index in [2.05, 4.69) is 13.2 Å². The summed E-state index contributed by atoms with van der Waals surface area (Å²) in [6.07, 6.45) is -5.08. The molecule has 2 nitrogen and oxygen atoms in total. The Morgan fingerprint density at radius 2 is 1.44 bits per heavy atom. The van der Waals surface area contributed by atoms with Crippen molar-refractivity contribution in [2.45, 2.75) is 6.18 Å². The van der Waals surface area contributed by atoms with Crippen molar-refractivity contribution in [3.8, 4) is 0 Å². The van der Waals surface area contributed by atoms with Gasteiger partial charge in [-0.15, -0.1) is 13.2 Å². The minimum Gasteiger partial charge on any atom is -0.475 e. The lowest BCUT2D eigenvalue weighted by Gasteiger charge is -1.93. The van der Waals surface area contributed by atoms with Crippen molar-refractivity contribution in [3.63, 3.8) is 0 Å². The van der Waals surface area contributed by atoms with Gasteiger partial charge in [-0.05, 0) is 0 Å². The van der Waals surface area contributed by atoms with Gasteiger partial charge in [-0.1, -0.05) is 0 Å². The highest BCUT2D eigenvalue weighted by molar-refractivity contribution is 5.73. The molecule has 0 saturated carbocycles. The number of carboxylic acids is 1. The van der Waals surface area contributed by atoms with Crippen molar-refractivity contribution in [1.82, 2.24) is 0 Å². The SMILES string of the molecule is C=C.O=C(O)C(F)(F)F. The van der Waals surface area contributed by atoms with E-state index in [1.54, 1.807) is 0 Å². The number of aliphatic carboxylic acids is 1. The van der Waals surface area contributed by atoms with Gasteiger partial charge in [0.2, 0.25) is 0 Å². The maximum Gasteiger partial charge on any atom is 0.490 e. The van der Waals surface area contributed by atoms with E-state index in [9.17, 15) is 13.2 Å². The Labute approximate surface area is 49.6 Å². The van der Waals surface area contributed by atoms with E-state index in [0.717, 1.165) is 0 Å². The van der Waals surface area contributed by atoms with Gasteiger partial charge in [0.1, 0.15) is 0 Å². The summed E-state index contributed by atoms with van der Waals surface area (Å²) in [7, 11) is 0. The first kappa shape index (κ1) is 10.9. The fraction of sp³-hybridized carbons (Fsp3) is 0.250. The number of hydrogen-bond acceptors (Lipinski definition) is 1. The van der Waals surface area contributed by atoms with E-state index in [1.807, 2.05) is 0 Å². The van der Waals surface area contributed by atoms with Gasteiger partial charge in [0.15, 0.2) is 0 Å². The van der Waals surface area contributed by atoms with Crippen LogP contribution in [0.3, 0.4) is 0 Å². The fourth-order valence-corrected chi connectivity index (χ4v) is 0. The van der Waals surface area contributed by atoms with Crippen LogP contribution in [0.2, 0.25) is 0 Å². The summed E-state index contributed by atoms with van der Waals surface area (Å²) in [4.78, 5) is 8.90. The van der Waals surface area contributed by atoms with Crippen LogP contribution < -0.4 is 0 Å². The lowest BCUT2D eigenvalue weighted by atomic mass is 10.7. The van der Waals surface area contributed by atoms with Crippen LogP contribution in [0.1, 0.15) is 0 Å². The van der Waals surface area contributed by atoms with Crippen molar-refractivity contribution in [1.29, 1.82) is 0 Å². The maximum absolute atomic E-state index is 10.6. The molecular formula is C4H5F3O2. The molecule has 9 heavy (non-hydrogen) atoms. The van der Waals surface area contributed by atoms with Crippen molar-refractivity contribution < 1.29 is 23.1 Å². The van der Waals surface area contributed by atoms with Crippen molar-refractivity contribution in [2.24, 2.45) is 0 Å². The highest BCUT2D eigenvalue weighted by Crippen LogP contribution is 2.13. The van der Waals surface area contributed by atoms with Crippen molar-refractivity contribution >= 4 is 5.97 Å². The van der Waals surface area contributed by atoms with E-state index in [0.29, 0.717) is 0 Å². The van der Waals surface area contributed by atoms with E-state index in [4.69, 9.17) is 9.90 Å². The van der Waals surface area contributed by atoms with Gasteiger partial charge in [-0.25, -0.2) is 4.79 Å². The van der Waals surface area contributed by atoms with Gasteiger partial charge in [0.05, 0.1) is 0 Å². The zero-order valence-corrected chi connectivity index (χ0v) is 4.40. The molecule has 0 fully saturated rings. The fourth-order valence-electron chi connectivity index (χ4n) is 0. The van der Waals surface area contributed by atoms with Gasteiger partial charge in [-0.3, -0.25) is 0 Å². The number of halogens is 3. The second kappa shape index (κ2) is 3.94. The quantitative estimate of drug-likeness (QED) is 0.519. The lowest BCUT2D eigenvalue weighted by Crippen LogP contribution is -2.21. The second-order valence-electron chi connectivity index (χ2n) is 0.803. The summed E-state index contributed by atoms with van der Waals surface area (Å²) >= 11 is 0. The summed E-state index contributed by atoms with van der Waals surface area (Å²) in [6, 6.07) is 0. The van der Waals surface area contributed by atoms with Crippen LogP contribution in [0.15, 0.2) is 13.2 Å². The largest absolute Gasteiger partial charge is 0.490 e. The highest BCUT2D eigenvalue weighted by atomic mass is 19.4. The molecule has 0 aliphatic heterocycles. The number of carbonyl (C=O) groups is 1. The highest BCUT2D eigenvalue weighted by Gasteiger charge is 2.38. The van der Waals surface area contributed by atoms with E-state index in [1.165, 1.54) is 0 Å². The predicted octanol–water partition coefficient (Wildman–Crippen LogP) is 1.44. The predicted molar refractivity (Wildman–Crippen MR) is 24.9 cm³/mol. The molecular weight excluding hydrogens is 137 g/mol. The molecule has 0 atom stereocenters. The number of hydrogen-bond donors (Lipinski definition) is 1. The number of carboxylic acid groups (broad SMARTS) is 1. The Morgan fingerprint density at radius 1 is 1.33 bits per heavy atom. The van der Waals surface area contributed by atoms with Crippen molar-refractivity contribution in [2.75, 3.05) is 0 Å². The van der Waals surface area contributed by atoms with Crippen LogP contribution in [0.25, 0.3) is 0 Å². The molecule has 0 spiro atoms. The van der Waals surface area contributed by atoms with E-state index in [-0.39, 0.29) is 0 Å². The monoisotopic (exact) mass is 142 g/mol. The summed E-state index contributed by atoms with van der Waals surface area (Å²) < 4.78 is 31.7. The topological polar surface area (TPSA) is 37.3 Å². The van der Waals surface area contributed by atoms with Gasteiger partial charge in [0, 0.05) is 0 Å². The smallest absolute Gasteiger partial charge is 0.475 e. The molecule has 0 aromatic heterocycles. The Hall–Kier alpha value is -1.00. The number of alkyl halides is 3. The second-order valence-corrected chi connectivity index (χ2v) is 0.803. The van der Waals surface area contributed by atoms with Crippen LogP contribution in [0.5, 0.6) is 0 Å². The molecule has 0 aliphatic rings. The normalized spacial score (nSPS) is 9.22. The molecule has 0 unspecified atom stereocenters. The zero-order chi connectivity index (χ0) is 8.08. The average molecular weight is 142 g/mol. The molecule has 0 aromatic carbocycles. The minimum absolute atomic E-state index is 2.76. The molecule has 1 N–H and O–H groups in total. The molecule has 0 aromatic rings. The van der Waals surface area contributed by atoms with Crippen LogP contribution in [0, 0.1) is 0 Å². The third-order valence-corrected chi connectivity index (χ3v) is 0.243. The molecule has 5 heteroatoms. The lowest BCUT2D eigenvalue weighted by molar-refractivity contribution is -0.192. The summed E-state index contributed by atoms with van der Waals surface area (Å²) in [5.41, 5.74) is 0. The molecule has 0 bridgehead atoms. The molecule has 0 radical (unpaired) electrons. The van der Waals surface area contributed by atoms with Gasteiger partial charge in [0.25, 0.3) is 0 Å². The summed E-state index contributed by atoms with van der Waals surface area (Å²) in [5.74, 6) is -2.76. The van der Waals surface area contributed by atoms with Crippen molar-refractivity contribution in [3.05, 3.63) is 13.2 Å². The molecule has 0 rings (SSSR count). The number of rotatable bonds is 0. The first-order valence-electron chi connectivity index (χ1n) is 1.74. The summed E-state index contributed by atoms with van der Waals surface area (Å²) in [6.45, 7) is 6.00. The third-order valence-electron chi connectivity index (χ3n) is 0.243. The molecule has 0 saturated heterocycles. The first-order chi connectivity index (χ1) is 3.94. The van der Waals surface area contributed by atoms with Crippen LogP contribution >= 0.6 is 0 Å². The van der Waals surface area contributed by atoms with Gasteiger partial charge >= 0.3 is 12.1 Å². The summed E-state index contributed by atoms with van der Waals surface area (Å²) in [5, 5.41) is 7.12. The first-order valence-corrected chi connectivity index (χ1v) is 1.74. The Bertz CT molecular complexity index is 96.5. The zero-order valence-electron chi connectivity index (χ0n) is 4.40. The third kappa shape index (κ3) is 7.00. The van der Waals surface area contributed by atoms with E-state index < -0.39 is 12.1 Å². The van der Waals surface area contributed by atoms with Gasteiger partial charge in [-0.2, -0.15) is 13.2 Å². The molecule has 0 heterocycles. The molecule has 0 aliphatic carbocycles. The van der Waals surface area contributed by atoms with Crippen LogP contribution in [-0.4, -0.2) is 17.3 Å². The molecule has 0 amide bonds. The standard InChI is InChI=1S/C2HF3O2.C2H4/c3-2(4,5)1(6)7;1-2/h(H,6,7);1-2H2. The average Bonchev–Trinajstić information content (AvgIpc) is 1.69. The minimum atomic E-state index is -5.08. The van der Waals surface area contributed by atoms with Crippen LogP contribution in [0.4, 0.5) is 13.2 Å². The Balaban J connectivity index is 0. The molecule has 54 valence electrons. The van der Waals surface area contributed by atoms with E-state index >= 15 is 0 Å².